The van der Waals surface area contributed by atoms with Gasteiger partial charge in [-0.1, -0.05) is 17.3 Å². The van der Waals surface area contributed by atoms with E-state index in [2.05, 4.69) is 5.16 Å². The number of ether oxygens (including phenoxy) is 1. The van der Waals surface area contributed by atoms with Crippen LogP contribution in [-0.4, -0.2) is 42.4 Å². The Morgan fingerprint density at radius 1 is 1.40 bits per heavy atom. The molecular weight excluding hydrogens is 256 g/mol. The summed E-state index contributed by atoms with van der Waals surface area (Å²) in [5, 5.41) is 12.4. The van der Waals surface area contributed by atoms with E-state index < -0.39 is 0 Å². The van der Waals surface area contributed by atoms with Crippen LogP contribution in [0, 0.1) is 0 Å². The van der Waals surface area contributed by atoms with Crippen molar-refractivity contribution in [1.82, 2.24) is 4.90 Å². The maximum absolute atomic E-state index is 11.5. The molecule has 1 aromatic carbocycles. The van der Waals surface area contributed by atoms with Gasteiger partial charge in [-0.15, -0.1) is 0 Å². The van der Waals surface area contributed by atoms with E-state index in [1.54, 1.807) is 19.0 Å². The van der Waals surface area contributed by atoms with E-state index in [-0.39, 0.29) is 5.91 Å². The molecular formula is C15H20N2O3. The second-order valence-electron chi connectivity index (χ2n) is 5.07. The summed E-state index contributed by atoms with van der Waals surface area (Å²) in [7, 11) is 3.47. The maximum atomic E-state index is 11.5. The minimum Gasteiger partial charge on any atom is -0.493 e. The van der Waals surface area contributed by atoms with E-state index in [0.29, 0.717) is 18.7 Å². The predicted molar refractivity (Wildman–Crippen MR) is 76.5 cm³/mol. The third-order valence-corrected chi connectivity index (χ3v) is 3.48. The first-order valence-electron chi connectivity index (χ1n) is 6.79. The summed E-state index contributed by atoms with van der Waals surface area (Å²) < 4.78 is 5.73. The van der Waals surface area contributed by atoms with Gasteiger partial charge in [-0.25, -0.2) is 0 Å². The van der Waals surface area contributed by atoms with E-state index in [1.807, 2.05) is 18.2 Å². The van der Waals surface area contributed by atoms with Crippen LogP contribution in [0.5, 0.6) is 5.75 Å². The highest BCUT2D eigenvalue weighted by Gasteiger charge is 2.19. The van der Waals surface area contributed by atoms with Crippen LogP contribution < -0.4 is 4.74 Å². The number of hydrogen-bond acceptors (Lipinski definition) is 4. The van der Waals surface area contributed by atoms with Crippen LogP contribution in [0.3, 0.4) is 0 Å². The van der Waals surface area contributed by atoms with Crippen molar-refractivity contribution in [2.45, 2.75) is 25.7 Å². The largest absolute Gasteiger partial charge is 0.493 e. The number of amides is 1. The van der Waals surface area contributed by atoms with Crippen molar-refractivity contribution in [3.05, 3.63) is 29.3 Å². The van der Waals surface area contributed by atoms with Crippen molar-refractivity contribution in [3.63, 3.8) is 0 Å². The number of fused-ring (bicyclic) bond motifs is 1. The van der Waals surface area contributed by atoms with Gasteiger partial charge in [0, 0.05) is 25.2 Å². The molecule has 1 aromatic rings. The Balaban J connectivity index is 2.08. The van der Waals surface area contributed by atoms with Crippen LogP contribution >= 0.6 is 0 Å². The van der Waals surface area contributed by atoms with Gasteiger partial charge in [0.2, 0.25) is 5.91 Å². The summed E-state index contributed by atoms with van der Waals surface area (Å²) in [6, 6.07) is 5.74. The third-order valence-electron chi connectivity index (χ3n) is 3.48. The molecule has 0 bridgehead atoms. The lowest BCUT2D eigenvalue weighted by Gasteiger charge is -2.20. The number of carbonyl (C=O) groups is 1. The summed E-state index contributed by atoms with van der Waals surface area (Å²) in [6.07, 6.45) is 3.00. The van der Waals surface area contributed by atoms with Gasteiger partial charge in [-0.3, -0.25) is 4.79 Å². The third kappa shape index (κ3) is 3.10. The Labute approximate surface area is 118 Å². The number of nitrogens with zero attached hydrogens (tertiary/aromatic N) is 2. The van der Waals surface area contributed by atoms with Crippen LogP contribution in [0.15, 0.2) is 23.4 Å². The molecule has 1 aliphatic rings. The molecule has 0 atom stereocenters. The van der Waals surface area contributed by atoms with Crippen molar-refractivity contribution in [1.29, 1.82) is 0 Å². The molecule has 0 saturated heterocycles. The zero-order valence-corrected chi connectivity index (χ0v) is 11.9. The quantitative estimate of drug-likeness (QED) is 0.676. The number of rotatable bonds is 4. The summed E-state index contributed by atoms with van der Waals surface area (Å²) >= 11 is 0. The van der Waals surface area contributed by atoms with Gasteiger partial charge in [0.25, 0.3) is 0 Å². The highest BCUT2D eigenvalue weighted by molar-refractivity contribution is 6.02. The van der Waals surface area contributed by atoms with Crippen LogP contribution in [0.4, 0.5) is 0 Å². The number of carbonyl (C=O) groups excluding carboxylic acids is 1. The first-order valence-corrected chi connectivity index (χ1v) is 6.79. The van der Waals surface area contributed by atoms with Crippen molar-refractivity contribution in [2.75, 3.05) is 20.7 Å². The molecule has 0 unspecified atom stereocenters. The maximum Gasteiger partial charge on any atom is 0.225 e. The van der Waals surface area contributed by atoms with Gasteiger partial charge < -0.3 is 14.8 Å². The fourth-order valence-electron chi connectivity index (χ4n) is 2.37. The first-order chi connectivity index (χ1) is 9.63. The van der Waals surface area contributed by atoms with Gasteiger partial charge in [-0.2, -0.15) is 0 Å². The minimum absolute atomic E-state index is 0.0485. The average molecular weight is 276 g/mol. The standard InChI is InChI=1S/C15H20N2O3/c1-17(2)15(18)9-10-20-14-8-4-5-11-12(14)6-3-7-13(11)16-19/h4-5,8,19H,3,6-7,9-10H2,1-2H3. The lowest BCUT2D eigenvalue weighted by Crippen LogP contribution is -2.23. The molecule has 0 heterocycles. The molecule has 0 aliphatic heterocycles. The predicted octanol–water partition coefficient (Wildman–Crippen LogP) is 2.06. The second kappa shape index (κ2) is 6.41. The second-order valence-corrected chi connectivity index (χ2v) is 5.07. The zero-order chi connectivity index (χ0) is 14.5. The van der Waals surface area contributed by atoms with Crippen molar-refractivity contribution in [2.24, 2.45) is 5.16 Å². The Hall–Kier alpha value is -2.04. The Kier molecular flexibility index (Phi) is 4.61. The SMILES string of the molecule is CN(C)C(=O)CCOc1cccc2c1CCCC2=NO. The van der Waals surface area contributed by atoms with Crippen LogP contribution in [0.2, 0.25) is 0 Å². The summed E-state index contributed by atoms with van der Waals surface area (Å²) in [5.74, 6) is 0.835. The van der Waals surface area contributed by atoms with E-state index >= 15 is 0 Å². The fourth-order valence-corrected chi connectivity index (χ4v) is 2.37. The molecule has 1 amide bonds. The highest BCUT2D eigenvalue weighted by atomic mass is 16.5. The molecule has 1 aliphatic carbocycles. The van der Waals surface area contributed by atoms with Gasteiger partial charge in [-0.05, 0) is 25.3 Å². The zero-order valence-electron chi connectivity index (χ0n) is 11.9. The molecule has 5 nitrogen and oxygen atoms in total. The molecule has 0 spiro atoms. The minimum atomic E-state index is 0.0485. The van der Waals surface area contributed by atoms with Gasteiger partial charge in [0.15, 0.2) is 0 Å². The molecule has 5 heteroatoms. The Bertz CT molecular complexity index is 524. The molecule has 0 saturated carbocycles. The molecule has 1 N–H and O–H groups in total. The molecule has 0 fully saturated rings. The van der Waals surface area contributed by atoms with Crippen LogP contribution in [0.1, 0.15) is 30.4 Å². The fraction of sp³-hybridized carbons (Fsp3) is 0.467. The van der Waals surface area contributed by atoms with Crippen molar-refractivity contribution >= 4 is 11.6 Å². The number of oxime groups is 1. The summed E-state index contributed by atoms with van der Waals surface area (Å²) in [4.78, 5) is 13.1. The van der Waals surface area contributed by atoms with Gasteiger partial charge >= 0.3 is 0 Å². The average Bonchev–Trinajstić information content (AvgIpc) is 2.46. The monoisotopic (exact) mass is 276 g/mol. The normalized spacial score (nSPS) is 15.8. The summed E-state index contributed by atoms with van der Waals surface area (Å²) in [6.45, 7) is 0.360. The van der Waals surface area contributed by atoms with Gasteiger partial charge in [0.05, 0.1) is 18.7 Å². The number of hydrogen-bond donors (Lipinski definition) is 1. The molecule has 108 valence electrons. The lowest BCUT2D eigenvalue weighted by molar-refractivity contribution is -0.129. The smallest absolute Gasteiger partial charge is 0.225 e. The topological polar surface area (TPSA) is 62.1 Å². The van der Waals surface area contributed by atoms with E-state index in [0.717, 1.165) is 36.1 Å². The van der Waals surface area contributed by atoms with Gasteiger partial charge in [0.1, 0.15) is 5.75 Å². The lowest BCUT2D eigenvalue weighted by atomic mass is 9.89. The Morgan fingerprint density at radius 2 is 2.20 bits per heavy atom. The molecule has 0 radical (unpaired) electrons. The van der Waals surface area contributed by atoms with Crippen molar-refractivity contribution < 1.29 is 14.7 Å². The highest BCUT2D eigenvalue weighted by Crippen LogP contribution is 2.30. The first kappa shape index (κ1) is 14.4. The van der Waals surface area contributed by atoms with E-state index in [1.165, 1.54) is 0 Å². The molecule has 0 aromatic heterocycles. The molecule has 20 heavy (non-hydrogen) atoms. The van der Waals surface area contributed by atoms with Crippen LogP contribution in [0.25, 0.3) is 0 Å². The van der Waals surface area contributed by atoms with Crippen LogP contribution in [-0.2, 0) is 11.2 Å². The van der Waals surface area contributed by atoms with E-state index in [4.69, 9.17) is 9.94 Å². The van der Waals surface area contributed by atoms with Crippen molar-refractivity contribution in [3.8, 4) is 5.75 Å². The Morgan fingerprint density at radius 3 is 2.90 bits per heavy atom. The van der Waals surface area contributed by atoms with E-state index in [9.17, 15) is 4.79 Å². The molecule has 2 rings (SSSR count). The number of benzene rings is 1. The summed E-state index contributed by atoms with van der Waals surface area (Å²) in [5.41, 5.74) is 2.74.